The number of rotatable bonds is 13. The number of hydrogen-bond acceptors (Lipinski definition) is 5. The van der Waals surface area contributed by atoms with Crippen molar-refractivity contribution in [2.75, 3.05) is 42.4 Å². The van der Waals surface area contributed by atoms with Crippen LogP contribution in [0.1, 0.15) is 76.8 Å². The number of aryl methyl sites for hydroxylation is 6. The number of alkyl halides is 1. The van der Waals surface area contributed by atoms with E-state index >= 15 is 0 Å². The molecule has 1 unspecified atom stereocenters. The molecule has 0 aliphatic carbocycles. The van der Waals surface area contributed by atoms with Crippen LogP contribution in [-0.4, -0.2) is 38.6 Å². The lowest BCUT2D eigenvalue weighted by Gasteiger charge is -2.27. The van der Waals surface area contributed by atoms with Gasteiger partial charge in [-0.15, -0.1) is 11.6 Å². The van der Waals surface area contributed by atoms with Crippen LogP contribution in [0.5, 0.6) is 0 Å². The molecule has 0 saturated carbocycles. The van der Waals surface area contributed by atoms with Gasteiger partial charge in [-0.05, 0) is 123 Å². The third-order valence-electron chi connectivity index (χ3n) is 10.7. The first-order valence-electron chi connectivity index (χ1n) is 20.3. The molecular formula is C52H60ClN3O2. The number of nitrogens with one attached hydrogen (secondary N) is 1. The van der Waals surface area contributed by atoms with Crippen LogP contribution in [0.3, 0.4) is 0 Å². The zero-order chi connectivity index (χ0) is 42.3. The van der Waals surface area contributed by atoms with E-state index in [1.54, 1.807) is 6.92 Å². The van der Waals surface area contributed by atoms with E-state index < -0.39 is 11.3 Å². The predicted molar refractivity (Wildman–Crippen MR) is 250 cm³/mol. The Morgan fingerprint density at radius 1 is 0.672 bits per heavy atom. The van der Waals surface area contributed by atoms with E-state index in [9.17, 15) is 4.79 Å². The van der Waals surface area contributed by atoms with Crippen molar-refractivity contribution in [3.63, 3.8) is 0 Å². The average Bonchev–Trinajstić information content (AvgIpc) is 3.20. The second kappa shape index (κ2) is 19.3. The minimum Gasteiger partial charge on any atom is -0.461 e. The lowest BCUT2D eigenvalue weighted by atomic mass is 9.82. The number of carbonyl (C=O) groups excluding carboxylic acids is 1. The molecule has 5 nitrogen and oxygen atoms in total. The van der Waals surface area contributed by atoms with Crippen molar-refractivity contribution in [2.24, 2.45) is 0 Å². The molecule has 58 heavy (non-hydrogen) atoms. The van der Waals surface area contributed by atoms with Gasteiger partial charge in [-0.1, -0.05) is 110 Å². The first kappa shape index (κ1) is 43.6. The molecule has 302 valence electrons. The maximum atomic E-state index is 11.9. The molecule has 0 spiro atoms. The van der Waals surface area contributed by atoms with Crippen molar-refractivity contribution in [3.8, 4) is 0 Å². The van der Waals surface area contributed by atoms with Crippen LogP contribution in [0.25, 0.3) is 10.8 Å². The maximum absolute atomic E-state index is 11.9. The number of anilines is 5. The molecule has 0 aliphatic rings. The van der Waals surface area contributed by atoms with Crippen molar-refractivity contribution in [3.05, 3.63) is 171 Å². The Kier molecular flexibility index (Phi) is 14.5. The Morgan fingerprint density at radius 3 is 1.53 bits per heavy atom. The van der Waals surface area contributed by atoms with Crippen molar-refractivity contribution in [1.29, 1.82) is 0 Å². The number of ether oxygens (including phenoxy) is 1. The third-order valence-corrected chi connectivity index (χ3v) is 11.0. The van der Waals surface area contributed by atoms with Gasteiger partial charge < -0.3 is 19.9 Å². The maximum Gasteiger partial charge on any atom is 0.333 e. The molecule has 6 aromatic rings. The molecule has 1 atom stereocenters. The summed E-state index contributed by atoms with van der Waals surface area (Å²) < 4.78 is 5.30. The molecule has 6 aromatic carbocycles. The molecule has 6 heteroatoms. The fourth-order valence-corrected chi connectivity index (χ4v) is 8.43. The lowest BCUT2D eigenvalue weighted by Crippen LogP contribution is -2.22. The Balaban J connectivity index is 0.00000315. The van der Waals surface area contributed by atoms with Crippen LogP contribution in [0.15, 0.2) is 121 Å². The Labute approximate surface area is 352 Å². The molecule has 0 heterocycles. The van der Waals surface area contributed by atoms with Gasteiger partial charge in [0, 0.05) is 66.0 Å². The monoisotopic (exact) mass is 793 g/mol. The SMILES string of the molecule is C=C(C)C(=O)OCC(Cl)CNc1ccc(C(c2ccc(N(C)c3c(C)cc(C)cc3C)cc2)c2ccc(N(C)c3c(C)cc(C)cc3C)cc2)c2ccccc12.CC. The number of hydrogen-bond donors (Lipinski definition) is 1. The van der Waals surface area contributed by atoms with Crippen molar-refractivity contribution in [2.45, 2.75) is 73.6 Å². The number of benzene rings is 6. The van der Waals surface area contributed by atoms with E-state index in [4.69, 9.17) is 16.3 Å². The molecule has 1 N–H and O–H groups in total. The minimum absolute atomic E-state index is 0.0410. The summed E-state index contributed by atoms with van der Waals surface area (Å²) in [4.78, 5) is 16.5. The standard InChI is InChI=1S/C50H54ClN3O2.C2H6/c1-31(2)50(55)56-30-40(51)29-52-46-24-23-45(43-13-11-12-14-44(43)46)47(38-15-19-41(20-16-38)53(9)48-34(5)25-32(3)26-35(48)6)39-17-21-42(22-18-39)54(10)49-36(7)27-33(4)28-37(49)8;1-2/h11-28,40,47,52H,1,29-30H2,2-10H3;1-2H3. The molecule has 0 saturated heterocycles. The Morgan fingerprint density at radius 2 is 1.10 bits per heavy atom. The molecule has 6 rings (SSSR count). The summed E-state index contributed by atoms with van der Waals surface area (Å²) in [6.07, 6.45) is 0. The number of halogens is 1. The summed E-state index contributed by atoms with van der Waals surface area (Å²) >= 11 is 6.59. The van der Waals surface area contributed by atoms with E-state index in [0.29, 0.717) is 12.1 Å². The van der Waals surface area contributed by atoms with Crippen LogP contribution in [0.2, 0.25) is 0 Å². The van der Waals surface area contributed by atoms with E-state index in [2.05, 4.69) is 187 Å². The minimum atomic E-state index is -0.434. The van der Waals surface area contributed by atoms with Crippen LogP contribution in [0.4, 0.5) is 28.4 Å². The van der Waals surface area contributed by atoms with Gasteiger partial charge in [-0.3, -0.25) is 0 Å². The van der Waals surface area contributed by atoms with Crippen LogP contribution in [-0.2, 0) is 9.53 Å². The quantitative estimate of drug-likeness (QED) is 0.0546. The summed E-state index contributed by atoms with van der Waals surface area (Å²) in [7, 11) is 4.30. The van der Waals surface area contributed by atoms with Crippen molar-refractivity contribution < 1.29 is 9.53 Å². The summed E-state index contributed by atoms with van der Waals surface area (Å²) in [6, 6.07) is 40.0. The Bertz CT molecular complexity index is 2230. The smallest absolute Gasteiger partial charge is 0.333 e. The highest BCUT2D eigenvalue weighted by atomic mass is 35.5. The normalized spacial score (nSPS) is 11.5. The highest BCUT2D eigenvalue weighted by Crippen LogP contribution is 2.41. The largest absolute Gasteiger partial charge is 0.461 e. The topological polar surface area (TPSA) is 44.8 Å². The second-order valence-corrected chi connectivity index (χ2v) is 16.0. The number of fused-ring (bicyclic) bond motifs is 1. The lowest BCUT2D eigenvalue weighted by molar-refractivity contribution is -0.138. The van der Waals surface area contributed by atoms with E-state index in [0.717, 1.165) is 27.8 Å². The van der Waals surface area contributed by atoms with Crippen LogP contribution >= 0.6 is 11.6 Å². The summed E-state index contributed by atoms with van der Waals surface area (Å²) in [5.74, 6) is -0.475. The zero-order valence-corrected chi connectivity index (χ0v) is 37.0. The number of esters is 1. The van der Waals surface area contributed by atoms with Crippen LogP contribution < -0.4 is 15.1 Å². The number of nitrogens with zero attached hydrogens (tertiary/aromatic N) is 2. The van der Waals surface area contributed by atoms with Gasteiger partial charge in [0.15, 0.2) is 0 Å². The third kappa shape index (κ3) is 9.77. The zero-order valence-electron chi connectivity index (χ0n) is 36.3. The van der Waals surface area contributed by atoms with E-state index in [-0.39, 0.29) is 12.5 Å². The molecule has 0 aromatic heterocycles. The second-order valence-electron chi connectivity index (χ2n) is 15.3. The summed E-state index contributed by atoms with van der Waals surface area (Å²) in [5.41, 5.74) is 17.3. The molecule has 0 bridgehead atoms. The van der Waals surface area contributed by atoms with Crippen molar-refractivity contribution in [1.82, 2.24) is 0 Å². The Hall–Kier alpha value is -5.52. The molecule has 0 amide bonds. The molecular weight excluding hydrogens is 734 g/mol. The highest BCUT2D eigenvalue weighted by Gasteiger charge is 2.22. The molecule has 0 aliphatic heterocycles. The first-order valence-corrected chi connectivity index (χ1v) is 20.7. The van der Waals surface area contributed by atoms with Gasteiger partial charge in [-0.25, -0.2) is 4.79 Å². The summed E-state index contributed by atoms with van der Waals surface area (Å²) in [5, 5.41) is 5.37. The fourth-order valence-electron chi connectivity index (χ4n) is 8.29. The van der Waals surface area contributed by atoms with E-state index in [1.807, 2.05) is 13.8 Å². The van der Waals surface area contributed by atoms with E-state index in [1.165, 1.54) is 61.4 Å². The molecule has 0 fully saturated rings. The van der Waals surface area contributed by atoms with Gasteiger partial charge in [0.25, 0.3) is 0 Å². The van der Waals surface area contributed by atoms with Gasteiger partial charge in [0.2, 0.25) is 0 Å². The fraction of sp³-hybridized carbons (Fsp3) is 0.288. The van der Waals surface area contributed by atoms with Crippen LogP contribution in [0, 0.1) is 41.5 Å². The first-order chi connectivity index (χ1) is 27.7. The van der Waals surface area contributed by atoms with Gasteiger partial charge in [0.05, 0.1) is 5.38 Å². The van der Waals surface area contributed by atoms with Gasteiger partial charge in [-0.2, -0.15) is 0 Å². The van der Waals surface area contributed by atoms with Crippen molar-refractivity contribution >= 4 is 56.8 Å². The average molecular weight is 795 g/mol. The summed E-state index contributed by atoms with van der Waals surface area (Å²) in [6.45, 7) is 22.9. The molecule has 0 radical (unpaired) electrons. The highest BCUT2D eigenvalue weighted by molar-refractivity contribution is 6.21. The predicted octanol–water partition coefficient (Wildman–Crippen LogP) is 13.6. The number of carbonyl (C=O) groups is 1. The van der Waals surface area contributed by atoms with Gasteiger partial charge >= 0.3 is 5.97 Å². The van der Waals surface area contributed by atoms with Gasteiger partial charge in [0.1, 0.15) is 6.61 Å².